The first-order valence-corrected chi connectivity index (χ1v) is 12.6. The van der Waals surface area contributed by atoms with Crippen LogP contribution >= 0.6 is 0 Å². The fourth-order valence-corrected chi connectivity index (χ4v) is 8.45. The molecule has 2 N–H and O–H groups in total. The zero-order valence-corrected chi connectivity index (χ0v) is 19.5. The highest BCUT2D eigenvalue weighted by Gasteiger charge is 2.49. The summed E-state index contributed by atoms with van der Waals surface area (Å²) in [6.07, 6.45) is 5.76. The van der Waals surface area contributed by atoms with E-state index in [1.807, 2.05) is 18.2 Å². The van der Waals surface area contributed by atoms with Crippen molar-refractivity contribution in [2.75, 3.05) is 6.61 Å². The summed E-state index contributed by atoms with van der Waals surface area (Å²) in [7, 11) is -2.56. The molecule has 0 bridgehead atoms. The molecular weight excluding hydrogens is 388 g/mol. The van der Waals surface area contributed by atoms with Crippen LogP contribution in [-0.4, -0.2) is 37.3 Å². The van der Waals surface area contributed by atoms with Gasteiger partial charge in [-0.3, -0.25) is 0 Å². The van der Waals surface area contributed by atoms with Gasteiger partial charge in [0.25, 0.3) is 8.32 Å². The lowest BCUT2D eigenvalue weighted by atomic mass is 10.1. The van der Waals surface area contributed by atoms with E-state index < -0.39 is 20.5 Å². The van der Waals surface area contributed by atoms with E-state index in [4.69, 9.17) is 4.43 Å². The van der Waals surface area contributed by atoms with Crippen molar-refractivity contribution in [1.82, 2.24) is 0 Å². The molecule has 2 rings (SSSR count). The van der Waals surface area contributed by atoms with E-state index in [1.165, 1.54) is 10.4 Å². The van der Waals surface area contributed by atoms with Crippen molar-refractivity contribution < 1.29 is 14.6 Å². The fourth-order valence-electron chi connectivity index (χ4n) is 3.87. The molecule has 30 heavy (non-hydrogen) atoms. The van der Waals surface area contributed by atoms with Crippen molar-refractivity contribution in [3.8, 4) is 0 Å². The van der Waals surface area contributed by atoms with E-state index in [0.717, 1.165) is 0 Å². The van der Waals surface area contributed by atoms with Crippen molar-refractivity contribution in [3.63, 3.8) is 0 Å². The summed E-state index contributed by atoms with van der Waals surface area (Å²) < 4.78 is 6.80. The van der Waals surface area contributed by atoms with E-state index in [2.05, 4.69) is 75.9 Å². The second-order valence-corrected chi connectivity index (χ2v) is 13.0. The van der Waals surface area contributed by atoms with Crippen LogP contribution in [0.5, 0.6) is 0 Å². The first kappa shape index (κ1) is 24.3. The molecule has 2 aromatic carbocycles. The van der Waals surface area contributed by atoms with Crippen LogP contribution < -0.4 is 10.4 Å². The average molecular weight is 425 g/mol. The molecule has 0 saturated carbocycles. The Hall–Kier alpha value is -1.98. The third kappa shape index (κ3) is 6.26. The summed E-state index contributed by atoms with van der Waals surface area (Å²) in [6, 6.07) is 21.0. The number of aliphatic hydroxyl groups excluding tert-OH is 2. The Morgan fingerprint density at radius 2 is 1.47 bits per heavy atom. The van der Waals surface area contributed by atoms with Crippen LogP contribution in [0.25, 0.3) is 0 Å². The molecule has 0 spiro atoms. The highest BCUT2D eigenvalue weighted by Crippen LogP contribution is 2.36. The molecule has 0 amide bonds. The molecule has 0 aromatic heterocycles. The highest BCUT2D eigenvalue weighted by molar-refractivity contribution is 6.99. The summed E-state index contributed by atoms with van der Waals surface area (Å²) in [5.74, 6) is 0. The molecule has 4 heteroatoms. The largest absolute Gasteiger partial charge is 0.407 e. The Kier molecular flexibility index (Phi) is 9.25. The molecular formula is C26H36O3Si. The minimum atomic E-state index is -2.56. The van der Waals surface area contributed by atoms with Crippen LogP contribution in [0.3, 0.4) is 0 Å². The van der Waals surface area contributed by atoms with Gasteiger partial charge in [0.15, 0.2) is 0 Å². The summed E-state index contributed by atoms with van der Waals surface area (Å²) in [5.41, 5.74) is 0. The van der Waals surface area contributed by atoms with Gasteiger partial charge >= 0.3 is 0 Å². The first-order chi connectivity index (χ1) is 14.3. The SMILES string of the molecule is C=CC[C@H](O)/C=C/C[C@@H](O)CCO[Si](c1ccccc1)(c1ccccc1)C(C)(C)C. The van der Waals surface area contributed by atoms with E-state index in [9.17, 15) is 10.2 Å². The quantitative estimate of drug-likeness (QED) is 0.420. The summed E-state index contributed by atoms with van der Waals surface area (Å²) in [5, 5.41) is 22.6. The molecule has 0 aliphatic carbocycles. The lowest BCUT2D eigenvalue weighted by Crippen LogP contribution is -2.66. The molecule has 0 aliphatic heterocycles. The Bertz CT molecular complexity index is 741. The standard InChI is InChI=1S/C26H36O3Si/c1-5-13-22(27)14-12-15-23(28)20-21-29-30(26(2,3)4,24-16-8-6-9-17-24)25-18-10-7-11-19-25/h5-12,14,16-19,22-23,27-28H,1,13,15,20-21H2,2-4H3/b14-12+/t22-,23+/m0/s1. The van der Waals surface area contributed by atoms with Gasteiger partial charge in [0.1, 0.15) is 0 Å². The maximum Gasteiger partial charge on any atom is 0.261 e. The van der Waals surface area contributed by atoms with Crippen LogP contribution in [0.2, 0.25) is 5.04 Å². The average Bonchev–Trinajstić information content (AvgIpc) is 2.72. The topological polar surface area (TPSA) is 49.7 Å². The van der Waals surface area contributed by atoms with E-state index in [0.29, 0.717) is 25.9 Å². The predicted octanol–water partition coefficient (Wildman–Crippen LogP) is 4.20. The third-order valence-corrected chi connectivity index (χ3v) is 10.4. The second-order valence-electron chi connectivity index (χ2n) is 8.71. The Labute approximate surface area is 182 Å². The number of hydrogen-bond donors (Lipinski definition) is 2. The Balaban J connectivity index is 2.18. The predicted molar refractivity (Wildman–Crippen MR) is 129 cm³/mol. The highest BCUT2D eigenvalue weighted by atomic mass is 28.4. The van der Waals surface area contributed by atoms with Crippen LogP contribution in [0.1, 0.15) is 40.0 Å². The molecule has 0 aliphatic rings. The van der Waals surface area contributed by atoms with Gasteiger partial charge in [-0.25, -0.2) is 0 Å². The molecule has 3 nitrogen and oxygen atoms in total. The van der Waals surface area contributed by atoms with Gasteiger partial charge in [-0.2, -0.15) is 0 Å². The van der Waals surface area contributed by atoms with Crippen LogP contribution in [0.15, 0.2) is 85.5 Å². The van der Waals surface area contributed by atoms with Gasteiger partial charge in [0.2, 0.25) is 0 Å². The summed E-state index contributed by atoms with van der Waals surface area (Å²) >= 11 is 0. The van der Waals surface area contributed by atoms with Crippen molar-refractivity contribution in [1.29, 1.82) is 0 Å². The van der Waals surface area contributed by atoms with E-state index in [1.54, 1.807) is 12.2 Å². The van der Waals surface area contributed by atoms with Crippen LogP contribution in [0.4, 0.5) is 0 Å². The number of hydrogen-bond acceptors (Lipinski definition) is 3. The lowest BCUT2D eigenvalue weighted by molar-refractivity contribution is 0.138. The fraction of sp³-hybridized carbons (Fsp3) is 0.385. The molecule has 0 heterocycles. The zero-order valence-electron chi connectivity index (χ0n) is 18.5. The number of aliphatic hydroxyl groups is 2. The van der Waals surface area contributed by atoms with Gasteiger partial charge in [0.05, 0.1) is 12.2 Å². The van der Waals surface area contributed by atoms with Gasteiger partial charge in [-0.15, -0.1) is 6.58 Å². The van der Waals surface area contributed by atoms with E-state index >= 15 is 0 Å². The Morgan fingerprint density at radius 1 is 0.933 bits per heavy atom. The number of benzene rings is 2. The summed E-state index contributed by atoms with van der Waals surface area (Å²) in [6.45, 7) is 10.9. The minimum absolute atomic E-state index is 0.0740. The summed E-state index contributed by atoms with van der Waals surface area (Å²) in [4.78, 5) is 0. The van der Waals surface area contributed by atoms with Gasteiger partial charge in [0, 0.05) is 6.61 Å². The molecule has 0 radical (unpaired) electrons. The minimum Gasteiger partial charge on any atom is -0.407 e. The Morgan fingerprint density at radius 3 is 1.93 bits per heavy atom. The van der Waals surface area contributed by atoms with Gasteiger partial charge in [-0.1, -0.05) is 99.7 Å². The molecule has 162 valence electrons. The monoisotopic (exact) mass is 424 g/mol. The lowest BCUT2D eigenvalue weighted by Gasteiger charge is -2.43. The molecule has 0 unspecified atom stereocenters. The molecule has 0 saturated heterocycles. The molecule has 2 aromatic rings. The van der Waals surface area contributed by atoms with Crippen LogP contribution in [-0.2, 0) is 4.43 Å². The zero-order chi connectivity index (χ0) is 22.0. The third-order valence-electron chi connectivity index (χ3n) is 5.36. The van der Waals surface area contributed by atoms with Crippen molar-refractivity contribution >= 4 is 18.7 Å². The van der Waals surface area contributed by atoms with E-state index in [-0.39, 0.29) is 5.04 Å². The first-order valence-electron chi connectivity index (χ1n) is 10.7. The maximum atomic E-state index is 10.4. The van der Waals surface area contributed by atoms with Crippen molar-refractivity contribution in [3.05, 3.63) is 85.5 Å². The van der Waals surface area contributed by atoms with Crippen LogP contribution in [0, 0.1) is 0 Å². The molecule has 0 fully saturated rings. The normalized spacial score (nSPS) is 14.6. The van der Waals surface area contributed by atoms with Crippen molar-refractivity contribution in [2.24, 2.45) is 0 Å². The van der Waals surface area contributed by atoms with Crippen molar-refractivity contribution in [2.45, 2.75) is 57.3 Å². The molecule has 2 atom stereocenters. The second kappa shape index (κ2) is 11.4. The maximum absolute atomic E-state index is 10.4. The smallest absolute Gasteiger partial charge is 0.261 e. The van der Waals surface area contributed by atoms with Gasteiger partial charge < -0.3 is 14.6 Å². The number of rotatable bonds is 11. The van der Waals surface area contributed by atoms with Gasteiger partial charge in [-0.05, 0) is 34.7 Å².